The topological polar surface area (TPSA) is 32.3 Å². The van der Waals surface area contributed by atoms with Crippen LogP contribution >= 0.6 is 11.6 Å². The van der Waals surface area contributed by atoms with E-state index in [2.05, 4.69) is 5.32 Å². The Hall–Kier alpha value is -2.28. The summed E-state index contributed by atoms with van der Waals surface area (Å²) in [5.41, 5.74) is 0.669. The highest BCUT2D eigenvalue weighted by Crippen LogP contribution is 2.44. The first-order valence-electron chi connectivity index (χ1n) is 8.49. The number of hydrogen-bond acceptors (Lipinski definition) is 1. The third kappa shape index (κ3) is 3.14. The summed E-state index contributed by atoms with van der Waals surface area (Å²) < 4.78 is 52.5. The van der Waals surface area contributed by atoms with Crippen LogP contribution in [0.1, 0.15) is 35.6 Å². The number of benzene rings is 2. The predicted octanol–water partition coefficient (Wildman–Crippen LogP) is 5.79. The molecule has 2 amide bonds. The molecule has 2 bridgehead atoms. The van der Waals surface area contributed by atoms with Crippen molar-refractivity contribution in [2.24, 2.45) is 0 Å². The minimum Gasteiger partial charge on any atom is -0.314 e. The average Bonchev–Trinajstić information content (AvgIpc) is 2.90. The highest BCUT2D eigenvalue weighted by Gasteiger charge is 2.43. The Morgan fingerprint density at radius 1 is 1.19 bits per heavy atom. The van der Waals surface area contributed by atoms with Gasteiger partial charge in [0.25, 0.3) is 0 Å². The Bertz CT molecular complexity index is 915. The molecule has 0 aromatic heterocycles. The summed E-state index contributed by atoms with van der Waals surface area (Å²) in [6.45, 7) is 0. The Morgan fingerprint density at radius 3 is 2.67 bits per heavy atom. The van der Waals surface area contributed by atoms with Gasteiger partial charge in [0, 0.05) is 11.7 Å². The van der Waals surface area contributed by atoms with E-state index in [1.807, 2.05) is 6.07 Å². The zero-order chi connectivity index (χ0) is 19.3. The van der Waals surface area contributed by atoms with E-state index < -0.39 is 22.8 Å². The van der Waals surface area contributed by atoms with Gasteiger partial charge < -0.3 is 10.2 Å². The Labute approximate surface area is 157 Å². The third-order valence-electron chi connectivity index (χ3n) is 5.22. The Balaban J connectivity index is 1.57. The van der Waals surface area contributed by atoms with E-state index in [1.54, 1.807) is 11.0 Å². The number of nitrogens with zero attached hydrogens (tertiary/aromatic N) is 1. The number of rotatable bonds is 1. The molecule has 0 unspecified atom stereocenters. The molecule has 2 atom stereocenters. The number of carbonyl (C=O) groups excluding carboxylic acids is 1. The average molecular weight is 399 g/mol. The predicted molar refractivity (Wildman–Crippen MR) is 93.2 cm³/mol. The number of alkyl halides is 3. The molecule has 1 saturated heterocycles. The summed E-state index contributed by atoms with van der Waals surface area (Å²) in [5.74, 6) is -0.265. The van der Waals surface area contributed by atoms with Crippen LogP contribution in [0.25, 0.3) is 0 Å². The van der Waals surface area contributed by atoms with Crippen LogP contribution in [0.5, 0.6) is 0 Å². The molecule has 2 aliphatic heterocycles. The first-order valence-corrected chi connectivity index (χ1v) is 8.87. The highest BCUT2D eigenvalue weighted by atomic mass is 35.5. The molecule has 2 aromatic rings. The lowest BCUT2D eigenvalue weighted by Gasteiger charge is -2.36. The van der Waals surface area contributed by atoms with Crippen LogP contribution in [0, 0.1) is 5.82 Å². The van der Waals surface area contributed by atoms with Crippen LogP contribution < -0.4 is 5.32 Å². The van der Waals surface area contributed by atoms with Crippen LogP contribution in [-0.2, 0) is 12.6 Å². The Morgan fingerprint density at radius 2 is 1.96 bits per heavy atom. The van der Waals surface area contributed by atoms with Crippen molar-refractivity contribution in [1.82, 2.24) is 4.90 Å². The highest BCUT2D eigenvalue weighted by molar-refractivity contribution is 6.31. The second kappa shape index (κ2) is 6.41. The van der Waals surface area contributed by atoms with Crippen LogP contribution in [0.2, 0.25) is 5.02 Å². The molecule has 2 heterocycles. The van der Waals surface area contributed by atoms with Gasteiger partial charge in [0.15, 0.2) is 0 Å². The van der Waals surface area contributed by atoms with E-state index in [1.165, 1.54) is 12.1 Å². The molecule has 4 rings (SSSR count). The number of carbonyl (C=O) groups is 1. The number of halogens is 5. The molecule has 0 aliphatic carbocycles. The molecule has 0 radical (unpaired) electrons. The molecule has 0 saturated carbocycles. The van der Waals surface area contributed by atoms with E-state index in [9.17, 15) is 22.4 Å². The smallest absolute Gasteiger partial charge is 0.314 e. The minimum atomic E-state index is -4.56. The van der Waals surface area contributed by atoms with Gasteiger partial charge in [-0.05, 0) is 54.7 Å². The van der Waals surface area contributed by atoms with Crippen molar-refractivity contribution >= 4 is 23.3 Å². The largest absolute Gasteiger partial charge is 0.417 e. The van der Waals surface area contributed by atoms with Crippen molar-refractivity contribution < 1.29 is 22.4 Å². The van der Waals surface area contributed by atoms with E-state index >= 15 is 0 Å². The zero-order valence-electron chi connectivity index (χ0n) is 14.0. The number of anilines is 1. The summed E-state index contributed by atoms with van der Waals surface area (Å²) in [6, 6.07) is 7.16. The third-order valence-corrected chi connectivity index (χ3v) is 5.53. The van der Waals surface area contributed by atoms with Crippen molar-refractivity contribution in [2.45, 2.75) is 37.5 Å². The first-order chi connectivity index (χ1) is 12.8. The van der Waals surface area contributed by atoms with Gasteiger partial charge in [0.2, 0.25) is 0 Å². The zero-order valence-corrected chi connectivity index (χ0v) is 14.7. The Kier molecular flexibility index (Phi) is 4.29. The molecule has 1 fully saturated rings. The van der Waals surface area contributed by atoms with E-state index in [-0.39, 0.29) is 23.6 Å². The first kappa shape index (κ1) is 18.1. The van der Waals surface area contributed by atoms with E-state index in [0.717, 1.165) is 30.5 Å². The lowest BCUT2D eigenvalue weighted by Crippen LogP contribution is -2.44. The lowest BCUT2D eigenvalue weighted by molar-refractivity contribution is -0.137. The number of hydrogen-bond donors (Lipinski definition) is 1. The SMILES string of the molecule is O=C(Nc1ccc(C(F)(F)F)c(Cl)c1)N1[C@H]2CC[C@@H]1c1cccc(F)c1C2. The van der Waals surface area contributed by atoms with Crippen molar-refractivity contribution in [3.05, 3.63) is 63.9 Å². The van der Waals surface area contributed by atoms with E-state index in [4.69, 9.17) is 11.6 Å². The van der Waals surface area contributed by atoms with Crippen molar-refractivity contribution in [3.8, 4) is 0 Å². The summed E-state index contributed by atoms with van der Waals surface area (Å²) in [6.07, 6.45) is -2.65. The van der Waals surface area contributed by atoms with Crippen LogP contribution in [0.3, 0.4) is 0 Å². The monoisotopic (exact) mass is 398 g/mol. The van der Waals surface area contributed by atoms with Crippen LogP contribution in [-0.4, -0.2) is 17.0 Å². The van der Waals surface area contributed by atoms with Gasteiger partial charge in [-0.25, -0.2) is 9.18 Å². The van der Waals surface area contributed by atoms with Gasteiger partial charge in [0.1, 0.15) is 5.82 Å². The second-order valence-corrected chi connectivity index (χ2v) is 7.20. The fourth-order valence-electron chi connectivity index (χ4n) is 4.05. The van der Waals surface area contributed by atoms with Crippen LogP contribution in [0.15, 0.2) is 36.4 Å². The number of amides is 2. The van der Waals surface area contributed by atoms with Gasteiger partial charge in [-0.15, -0.1) is 0 Å². The summed E-state index contributed by atoms with van der Waals surface area (Å²) in [7, 11) is 0. The number of nitrogens with one attached hydrogen (secondary N) is 1. The summed E-state index contributed by atoms with van der Waals surface area (Å²) in [4.78, 5) is 14.4. The number of urea groups is 1. The summed E-state index contributed by atoms with van der Waals surface area (Å²) >= 11 is 5.71. The van der Waals surface area contributed by atoms with Crippen molar-refractivity contribution in [1.29, 1.82) is 0 Å². The minimum absolute atomic E-state index is 0.135. The van der Waals surface area contributed by atoms with Gasteiger partial charge >= 0.3 is 12.2 Å². The van der Waals surface area contributed by atoms with Gasteiger partial charge in [-0.3, -0.25) is 0 Å². The fourth-order valence-corrected chi connectivity index (χ4v) is 4.33. The maximum Gasteiger partial charge on any atom is 0.417 e. The lowest BCUT2D eigenvalue weighted by atomic mass is 9.93. The molecule has 2 aliphatic rings. The molecular formula is C19H15ClF4N2O. The molecular weight excluding hydrogens is 384 g/mol. The molecule has 0 spiro atoms. The quantitative estimate of drug-likeness (QED) is 0.606. The van der Waals surface area contributed by atoms with Gasteiger partial charge in [-0.1, -0.05) is 23.7 Å². The van der Waals surface area contributed by atoms with Crippen LogP contribution in [0.4, 0.5) is 28.0 Å². The molecule has 142 valence electrons. The molecule has 2 aromatic carbocycles. The molecule has 3 nitrogen and oxygen atoms in total. The maximum atomic E-state index is 14.1. The summed E-state index contributed by atoms with van der Waals surface area (Å²) in [5, 5.41) is 2.14. The fraction of sp³-hybridized carbons (Fsp3) is 0.316. The second-order valence-electron chi connectivity index (χ2n) is 6.79. The van der Waals surface area contributed by atoms with Gasteiger partial charge in [-0.2, -0.15) is 13.2 Å². The van der Waals surface area contributed by atoms with Crippen molar-refractivity contribution in [2.75, 3.05) is 5.32 Å². The van der Waals surface area contributed by atoms with Crippen molar-refractivity contribution in [3.63, 3.8) is 0 Å². The van der Waals surface area contributed by atoms with E-state index in [0.29, 0.717) is 12.0 Å². The normalized spacial score (nSPS) is 21.1. The molecule has 27 heavy (non-hydrogen) atoms. The number of fused-ring (bicyclic) bond motifs is 4. The maximum absolute atomic E-state index is 14.1. The molecule has 1 N–H and O–H groups in total. The standard InChI is InChI=1S/C19H15ClF4N2O/c20-15-8-10(4-6-14(15)19(22,23)24)25-18(27)26-11-5-7-17(26)12-2-1-3-16(21)13(12)9-11/h1-4,6,8,11,17H,5,7,9H2,(H,25,27)/t11-,17+/m0/s1. The molecule has 8 heteroatoms. The van der Waals surface area contributed by atoms with Gasteiger partial charge in [0.05, 0.1) is 16.6 Å².